The van der Waals surface area contributed by atoms with E-state index in [1.54, 1.807) is 13.3 Å². The summed E-state index contributed by atoms with van der Waals surface area (Å²) in [5.74, 6) is 0.793. The molecule has 2 aromatic carbocycles. The SMILES string of the molecule is COc1ccccc1-c1csc(NN=C(c2ccccc2)c2ccccn2)n1. The number of hydrogen-bond acceptors (Lipinski definition) is 6. The van der Waals surface area contributed by atoms with Crippen molar-refractivity contribution in [1.29, 1.82) is 0 Å². The summed E-state index contributed by atoms with van der Waals surface area (Å²) in [5.41, 5.74) is 7.42. The second kappa shape index (κ2) is 8.45. The molecule has 0 saturated heterocycles. The van der Waals surface area contributed by atoms with Crippen LogP contribution in [0.5, 0.6) is 5.75 Å². The highest BCUT2D eigenvalue weighted by atomic mass is 32.1. The molecule has 6 heteroatoms. The molecular formula is C22H18N4OS. The summed E-state index contributed by atoms with van der Waals surface area (Å²) in [6, 6.07) is 23.6. The molecule has 0 bridgehead atoms. The number of hydrazone groups is 1. The summed E-state index contributed by atoms with van der Waals surface area (Å²) >= 11 is 1.49. The van der Waals surface area contributed by atoms with Gasteiger partial charge in [-0.05, 0) is 24.3 Å². The molecule has 28 heavy (non-hydrogen) atoms. The number of benzene rings is 2. The van der Waals surface area contributed by atoms with Crippen molar-refractivity contribution in [3.63, 3.8) is 0 Å². The van der Waals surface area contributed by atoms with Crippen molar-refractivity contribution in [2.24, 2.45) is 5.10 Å². The number of pyridine rings is 1. The fraction of sp³-hybridized carbons (Fsp3) is 0.0455. The van der Waals surface area contributed by atoms with Crippen LogP contribution < -0.4 is 10.2 Å². The lowest BCUT2D eigenvalue weighted by Gasteiger charge is -2.06. The van der Waals surface area contributed by atoms with Gasteiger partial charge in [0.25, 0.3) is 0 Å². The van der Waals surface area contributed by atoms with Crippen LogP contribution in [0.3, 0.4) is 0 Å². The summed E-state index contributed by atoms with van der Waals surface area (Å²) in [6.45, 7) is 0. The highest BCUT2D eigenvalue weighted by molar-refractivity contribution is 7.14. The minimum Gasteiger partial charge on any atom is -0.496 e. The summed E-state index contributed by atoms with van der Waals surface area (Å²) in [5, 5.41) is 7.29. The number of thiazole rings is 1. The van der Waals surface area contributed by atoms with Gasteiger partial charge in [0.1, 0.15) is 11.5 Å². The van der Waals surface area contributed by atoms with E-state index in [-0.39, 0.29) is 0 Å². The first-order valence-corrected chi connectivity index (χ1v) is 9.62. The van der Waals surface area contributed by atoms with Gasteiger partial charge < -0.3 is 4.74 Å². The van der Waals surface area contributed by atoms with Crippen molar-refractivity contribution in [3.05, 3.63) is 95.6 Å². The third-order valence-corrected chi connectivity index (χ3v) is 4.85. The van der Waals surface area contributed by atoms with Gasteiger partial charge >= 0.3 is 0 Å². The molecule has 2 heterocycles. The standard InChI is InChI=1S/C22H18N4OS/c1-27-20-13-6-5-11-17(20)19-15-28-22(24-19)26-25-21(16-9-3-2-4-10-16)18-12-7-8-14-23-18/h2-15H,1H3,(H,24,26). The molecule has 0 atom stereocenters. The zero-order valence-corrected chi connectivity index (χ0v) is 16.1. The number of nitrogens with zero attached hydrogens (tertiary/aromatic N) is 3. The maximum absolute atomic E-state index is 5.43. The molecule has 0 aliphatic rings. The molecule has 4 aromatic rings. The number of ether oxygens (including phenoxy) is 1. The molecule has 0 saturated carbocycles. The smallest absolute Gasteiger partial charge is 0.203 e. The Hall–Kier alpha value is -3.51. The maximum atomic E-state index is 5.43. The number of hydrogen-bond donors (Lipinski definition) is 1. The van der Waals surface area contributed by atoms with Crippen LogP contribution in [0, 0.1) is 0 Å². The van der Waals surface area contributed by atoms with Gasteiger partial charge in [0.05, 0.1) is 18.5 Å². The van der Waals surface area contributed by atoms with Gasteiger partial charge in [0, 0.05) is 22.7 Å². The van der Waals surface area contributed by atoms with Crippen LogP contribution >= 0.6 is 11.3 Å². The van der Waals surface area contributed by atoms with E-state index in [1.807, 2.05) is 78.2 Å². The average molecular weight is 386 g/mol. The van der Waals surface area contributed by atoms with Gasteiger partial charge in [-0.3, -0.25) is 10.4 Å². The fourth-order valence-corrected chi connectivity index (χ4v) is 3.43. The van der Waals surface area contributed by atoms with E-state index in [2.05, 4.69) is 20.5 Å². The van der Waals surface area contributed by atoms with E-state index in [0.717, 1.165) is 34.0 Å². The minimum absolute atomic E-state index is 0.699. The van der Waals surface area contributed by atoms with E-state index in [9.17, 15) is 0 Å². The average Bonchev–Trinajstić information content (AvgIpc) is 3.24. The van der Waals surface area contributed by atoms with Crippen LogP contribution in [0.25, 0.3) is 11.3 Å². The highest BCUT2D eigenvalue weighted by Crippen LogP contribution is 2.31. The molecule has 0 aliphatic heterocycles. The second-order valence-corrected chi connectivity index (χ2v) is 6.75. The highest BCUT2D eigenvalue weighted by Gasteiger charge is 2.11. The Morgan fingerprint density at radius 1 is 0.964 bits per heavy atom. The molecule has 138 valence electrons. The van der Waals surface area contributed by atoms with E-state index < -0.39 is 0 Å². The van der Waals surface area contributed by atoms with E-state index in [0.29, 0.717) is 5.13 Å². The lowest BCUT2D eigenvalue weighted by molar-refractivity contribution is 0.416. The Morgan fingerprint density at radius 2 is 1.75 bits per heavy atom. The van der Waals surface area contributed by atoms with Gasteiger partial charge in [-0.1, -0.05) is 48.5 Å². The zero-order valence-electron chi connectivity index (χ0n) is 15.2. The van der Waals surface area contributed by atoms with Crippen LogP contribution in [0.2, 0.25) is 0 Å². The van der Waals surface area contributed by atoms with Crippen molar-refractivity contribution < 1.29 is 4.74 Å². The molecule has 0 spiro atoms. The minimum atomic E-state index is 0.699. The summed E-state index contributed by atoms with van der Waals surface area (Å²) < 4.78 is 5.43. The lowest BCUT2D eigenvalue weighted by atomic mass is 10.1. The topological polar surface area (TPSA) is 59.4 Å². The van der Waals surface area contributed by atoms with Crippen molar-refractivity contribution in [2.45, 2.75) is 0 Å². The molecular weight excluding hydrogens is 368 g/mol. The molecule has 1 N–H and O–H groups in total. The predicted octanol–water partition coefficient (Wildman–Crippen LogP) is 5.08. The number of nitrogens with one attached hydrogen (secondary N) is 1. The number of aromatic nitrogens is 2. The monoisotopic (exact) mass is 386 g/mol. The molecule has 0 amide bonds. The van der Waals surface area contributed by atoms with Crippen molar-refractivity contribution in [1.82, 2.24) is 9.97 Å². The Kier molecular flexibility index (Phi) is 5.40. The van der Waals surface area contributed by atoms with Crippen LogP contribution in [0.4, 0.5) is 5.13 Å². The van der Waals surface area contributed by atoms with Crippen LogP contribution in [-0.2, 0) is 0 Å². The Labute approximate surface area is 167 Å². The quantitative estimate of drug-likeness (QED) is 0.371. The van der Waals surface area contributed by atoms with Gasteiger partial charge in [0.2, 0.25) is 5.13 Å². The molecule has 4 rings (SSSR count). The van der Waals surface area contributed by atoms with Gasteiger partial charge in [0.15, 0.2) is 0 Å². The molecule has 0 radical (unpaired) electrons. The van der Waals surface area contributed by atoms with Crippen LogP contribution in [-0.4, -0.2) is 22.8 Å². The molecule has 5 nitrogen and oxygen atoms in total. The number of anilines is 1. The first-order chi connectivity index (χ1) is 13.8. The van der Waals surface area contributed by atoms with Crippen LogP contribution in [0.15, 0.2) is 89.5 Å². The van der Waals surface area contributed by atoms with E-state index in [4.69, 9.17) is 4.74 Å². The lowest BCUT2D eigenvalue weighted by Crippen LogP contribution is -2.08. The Morgan fingerprint density at radius 3 is 2.54 bits per heavy atom. The van der Waals surface area contributed by atoms with Gasteiger partial charge in [-0.25, -0.2) is 4.98 Å². The number of rotatable bonds is 6. The molecule has 0 unspecified atom stereocenters. The Balaban J connectivity index is 1.64. The summed E-state index contributed by atoms with van der Waals surface area (Å²) in [7, 11) is 1.66. The maximum Gasteiger partial charge on any atom is 0.203 e. The van der Waals surface area contributed by atoms with Crippen molar-refractivity contribution >= 4 is 22.2 Å². The second-order valence-electron chi connectivity index (χ2n) is 5.89. The summed E-state index contributed by atoms with van der Waals surface area (Å²) in [4.78, 5) is 9.09. The molecule has 0 aliphatic carbocycles. The van der Waals surface area contributed by atoms with Gasteiger partial charge in [-0.15, -0.1) is 11.3 Å². The third-order valence-electron chi connectivity index (χ3n) is 4.11. The fourth-order valence-electron chi connectivity index (χ4n) is 2.78. The predicted molar refractivity (Wildman–Crippen MR) is 114 cm³/mol. The summed E-state index contributed by atoms with van der Waals surface area (Å²) in [6.07, 6.45) is 1.76. The van der Waals surface area contributed by atoms with Crippen molar-refractivity contribution in [2.75, 3.05) is 12.5 Å². The van der Waals surface area contributed by atoms with E-state index >= 15 is 0 Å². The number of methoxy groups -OCH3 is 1. The normalized spacial score (nSPS) is 11.2. The zero-order chi connectivity index (χ0) is 19.2. The Bertz CT molecular complexity index is 1040. The molecule has 2 aromatic heterocycles. The third kappa shape index (κ3) is 3.92. The van der Waals surface area contributed by atoms with Gasteiger partial charge in [-0.2, -0.15) is 5.10 Å². The number of para-hydroxylation sites is 1. The first-order valence-electron chi connectivity index (χ1n) is 8.74. The largest absolute Gasteiger partial charge is 0.496 e. The first kappa shape index (κ1) is 17.9. The molecule has 0 fully saturated rings. The van der Waals surface area contributed by atoms with Crippen LogP contribution in [0.1, 0.15) is 11.3 Å². The van der Waals surface area contributed by atoms with E-state index in [1.165, 1.54) is 11.3 Å². The van der Waals surface area contributed by atoms with Crippen molar-refractivity contribution in [3.8, 4) is 17.0 Å².